The minimum atomic E-state index is -0.992. The molecule has 0 saturated carbocycles. The predicted octanol–water partition coefficient (Wildman–Crippen LogP) is 2.29. The van der Waals surface area contributed by atoms with Crippen LogP contribution in [0.15, 0.2) is 35.1 Å². The van der Waals surface area contributed by atoms with Crippen LogP contribution in [0.5, 0.6) is 0 Å². The molecule has 0 atom stereocenters. The quantitative estimate of drug-likeness (QED) is 0.896. The third-order valence-corrected chi connectivity index (χ3v) is 3.56. The van der Waals surface area contributed by atoms with Crippen molar-refractivity contribution in [1.82, 2.24) is 9.78 Å². The van der Waals surface area contributed by atoms with Crippen LogP contribution in [0, 0.1) is 6.92 Å². The first kappa shape index (κ1) is 14.3. The monoisotopic (exact) mass is 337 g/mol. The van der Waals surface area contributed by atoms with E-state index in [-0.39, 0.29) is 12.5 Å². The van der Waals surface area contributed by atoms with Gasteiger partial charge in [0.05, 0.1) is 11.9 Å². The number of aromatic nitrogens is 2. The Morgan fingerprint density at radius 2 is 2.20 bits per heavy atom. The normalized spacial score (nSPS) is 10.3. The zero-order valence-electron chi connectivity index (χ0n) is 10.6. The summed E-state index contributed by atoms with van der Waals surface area (Å²) < 4.78 is 2.10. The molecule has 0 aliphatic carbocycles. The fourth-order valence-electron chi connectivity index (χ4n) is 1.71. The lowest BCUT2D eigenvalue weighted by atomic mass is 10.1. The minimum absolute atomic E-state index is 0.244. The molecular formula is C13H12BrN3O3. The maximum atomic E-state index is 12.1. The van der Waals surface area contributed by atoms with Gasteiger partial charge in [-0.25, -0.2) is 0 Å². The summed E-state index contributed by atoms with van der Waals surface area (Å²) in [4.78, 5) is 22.7. The van der Waals surface area contributed by atoms with Gasteiger partial charge in [-0.1, -0.05) is 22.0 Å². The van der Waals surface area contributed by atoms with E-state index in [9.17, 15) is 9.59 Å². The number of anilines is 1. The third kappa shape index (κ3) is 3.24. The number of amides is 1. The summed E-state index contributed by atoms with van der Waals surface area (Å²) in [5.41, 5.74) is 1.84. The Morgan fingerprint density at radius 3 is 2.90 bits per heavy atom. The Kier molecular flexibility index (Phi) is 4.19. The number of hydrogen-bond donors (Lipinski definition) is 2. The first-order valence-electron chi connectivity index (χ1n) is 5.78. The summed E-state index contributed by atoms with van der Waals surface area (Å²) in [6, 6.07) is 5.36. The number of benzene rings is 1. The zero-order chi connectivity index (χ0) is 14.7. The highest BCUT2D eigenvalue weighted by atomic mass is 79.9. The van der Waals surface area contributed by atoms with Crippen molar-refractivity contribution < 1.29 is 14.7 Å². The smallest absolute Gasteiger partial charge is 0.325 e. The van der Waals surface area contributed by atoms with Crippen molar-refractivity contribution in [2.45, 2.75) is 13.5 Å². The second-order valence-electron chi connectivity index (χ2n) is 4.19. The van der Waals surface area contributed by atoms with Crippen LogP contribution in [0.1, 0.15) is 15.9 Å². The maximum absolute atomic E-state index is 12.1. The Balaban J connectivity index is 2.13. The number of carbonyl (C=O) groups excluding carboxylic acids is 1. The summed E-state index contributed by atoms with van der Waals surface area (Å²) in [7, 11) is 0. The van der Waals surface area contributed by atoms with E-state index < -0.39 is 5.97 Å². The molecule has 20 heavy (non-hydrogen) atoms. The number of nitrogens with one attached hydrogen (secondary N) is 1. The molecule has 1 aromatic heterocycles. The molecule has 0 bridgehead atoms. The van der Waals surface area contributed by atoms with Crippen molar-refractivity contribution in [3.05, 3.63) is 46.2 Å². The van der Waals surface area contributed by atoms with Gasteiger partial charge in [-0.05, 0) is 24.6 Å². The highest BCUT2D eigenvalue weighted by Gasteiger charge is 2.12. The molecule has 0 spiro atoms. The van der Waals surface area contributed by atoms with E-state index in [2.05, 4.69) is 26.3 Å². The van der Waals surface area contributed by atoms with Gasteiger partial charge in [0.25, 0.3) is 5.91 Å². The van der Waals surface area contributed by atoms with E-state index in [1.165, 1.54) is 17.1 Å². The van der Waals surface area contributed by atoms with Gasteiger partial charge in [-0.3, -0.25) is 14.3 Å². The molecule has 0 radical (unpaired) electrons. The van der Waals surface area contributed by atoms with Crippen molar-refractivity contribution in [2.75, 3.05) is 5.32 Å². The number of nitrogens with zero attached hydrogens (tertiary/aromatic N) is 2. The standard InChI is InChI=1S/C13H12BrN3O3/c1-8-10(3-2-4-11(8)14)13(20)16-9-5-15-17(6-9)7-12(18)19/h2-6H,7H2,1H3,(H,16,20)(H,18,19). The summed E-state index contributed by atoms with van der Waals surface area (Å²) in [5.74, 6) is -1.26. The van der Waals surface area contributed by atoms with Crippen LogP contribution < -0.4 is 5.32 Å². The molecule has 0 saturated heterocycles. The van der Waals surface area contributed by atoms with Crippen molar-refractivity contribution >= 4 is 33.5 Å². The molecule has 1 amide bonds. The van der Waals surface area contributed by atoms with Crippen molar-refractivity contribution in [1.29, 1.82) is 0 Å². The number of aliphatic carboxylic acids is 1. The average Bonchev–Trinajstić information content (AvgIpc) is 2.79. The van der Waals surface area contributed by atoms with Gasteiger partial charge in [0.15, 0.2) is 0 Å². The summed E-state index contributed by atoms with van der Waals surface area (Å²) in [6.45, 7) is 1.60. The van der Waals surface area contributed by atoms with Crippen molar-refractivity contribution in [3.63, 3.8) is 0 Å². The molecule has 0 unspecified atom stereocenters. The van der Waals surface area contributed by atoms with E-state index in [4.69, 9.17) is 5.11 Å². The average molecular weight is 338 g/mol. The van der Waals surface area contributed by atoms with E-state index in [1.807, 2.05) is 13.0 Å². The molecule has 0 aliphatic rings. The lowest BCUT2D eigenvalue weighted by Crippen LogP contribution is -2.13. The lowest BCUT2D eigenvalue weighted by Gasteiger charge is -2.07. The Bertz CT molecular complexity index is 667. The molecule has 1 aromatic carbocycles. The van der Waals surface area contributed by atoms with Crippen LogP contribution in [0.3, 0.4) is 0 Å². The summed E-state index contributed by atoms with van der Waals surface area (Å²) >= 11 is 3.37. The van der Waals surface area contributed by atoms with Gasteiger partial charge >= 0.3 is 5.97 Å². The van der Waals surface area contributed by atoms with Gasteiger partial charge in [-0.15, -0.1) is 0 Å². The Labute approximate surface area is 123 Å². The highest BCUT2D eigenvalue weighted by molar-refractivity contribution is 9.10. The molecule has 0 aliphatic heterocycles. The maximum Gasteiger partial charge on any atom is 0.325 e. The molecular weight excluding hydrogens is 326 g/mol. The van der Waals surface area contributed by atoms with Gasteiger partial charge in [0.1, 0.15) is 6.54 Å². The van der Waals surface area contributed by atoms with E-state index in [1.54, 1.807) is 12.1 Å². The van der Waals surface area contributed by atoms with Crippen LogP contribution in [0.4, 0.5) is 5.69 Å². The first-order chi connectivity index (χ1) is 9.47. The van der Waals surface area contributed by atoms with Crippen molar-refractivity contribution in [2.24, 2.45) is 0 Å². The molecule has 6 nitrogen and oxygen atoms in total. The second kappa shape index (κ2) is 5.87. The molecule has 7 heteroatoms. The number of carbonyl (C=O) groups is 2. The van der Waals surface area contributed by atoms with Gasteiger partial charge in [0, 0.05) is 16.2 Å². The van der Waals surface area contributed by atoms with E-state index in [0.717, 1.165) is 10.0 Å². The van der Waals surface area contributed by atoms with E-state index >= 15 is 0 Å². The largest absolute Gasteiger partial charge is 0.480 e. The summed E-state index contributed by atoms with van der Waals surface area (Å²) in [6.07, 6.45) is 2.88. The second-order valence-corrected chi connectivity index (χ2v) is 5.04. The van der Waals surface area contributed by atoms with Crippen LogP contribution in [-0.4, -0.2) is 26.8 Å². The number of rotatable bonds is 4. The zero-order valence-corrected chi connectivity index (χ0v) is 12.2. The minimum Gasteiger partial charge on any atom is -0.480 e. The van der Waals surface area contributed by atoms with Gasteiger partial charge in [-0.2, -0.15) is 5.10 Å². The van der Waals surface area contributed by atoms with Crippen LogP contribution >= 0.6 is 15.9 Å². The number of carboxylic acid groups (broad SMARTS) is 1. The fraction of sp³-hybridized carbons (Fsp3) is 0.154. The molecule has 2 rings (SSSR count). The third-order valence-electron chi connectivity index (χ3n) is 2.70. The first-order valence-corrected chi connectivity index (χ1v) is 6.57. The molecule has 0 fully saturated rings. The van der Waals surface area contributed by atoms with Crippen LogP contribution in [-0.2, 0) is 11.3 Å². The lowest BCUT2D eigenvalue weighted by molar-refractivity contribution is -0.137. The van der Waals surface area contributed by atoms with Crippen molar-refractivity contribution in [3.8, 4) is 0 Å². The predicted molar refractivity (Wildman–Crippen MR) is 76.7 cm³/mol. The molecule has 1 heterocycles. The molecule has 2 aromatic rings. The van der Waals surface area contributed by atoms with Crippen LogP contribution in [0.25, 0.3) is 0 Å². The number of carboxylic acids is 1. The number of hydrogen-bond acceptors (Lipinski definition) is 3. The highest BCUT2D eigenvalue weighted by Crippen LogP contribution is 2.20. The Morgan fingerprint density at radius 1 is 1.45 bits per heavy atom. The van der Waals surface area contributed by atoms with Crippen LogP contribution in [0.2, 0.25) is 0 Å². The molecule has 2 N–H and O–H groups in total. The van der Waals surface area contributed by atoms with E-state index in [0.29, 0.717) is 11.3 Å². The number of halogens is 1. The topological polar surface area (TPSA) is 84.2 Å². The summed E-state index contributed by atoms with van der Waals surface area (Å²) in [5, 5.41) is 15.2. The Hall–Kier alpha value is -2.15. The fourth-order valence-corrected chi connectivity index (χ4v) is 2.07. The van der Waals surface area contributed by atoms with Gasteiger partial charge < -0.3 is 10.4 Å². The SMILES string of the molecule is Cc1c(Br)cccc1C(=O)Nc1cnn(CC(=O)O)c1. The molecule has 104 valence electrons. The van der Waals surface area contributed by atoms with Gasteiger partial charge in [0.2, 0.25) is 0 Å².